The van der Waals surface area contributed by atoms with E-state index in [-0.39, 0.29) is 31.4 Å². The second-order valence-electron chi connectivity index (χ2n) is 14.1. The number of aromatic nitrogens is 3. The molecule has 0 radical (unpaired) electrons. The fourth-order valence-corrected chi connectivity index (χ4v) is 6.38. The summed E-state index contributed by atoms with van der Waals surface area (Å²) in [7, 11) is -3.55. The van der Waals surface area contributed by atoms with Gasteiger partial charge in [0.1, 0.15) is 30.5 Å². The third-order valence-electron chi connectivity index (χ3n) is 8.84. The van der Waals surface area contributed by atoms with Gasteiger partial charge in [-0.3, -0.25) is 13.9 Å². The van der Waals surface area contributed by atoms with Crippen molar-refractivity contribution >= 4 is 39.1 Å². The van der Waals surface area contributed by atoms with Crippen LogP contribution in [0, 0.1) is 10.8 Å². The fourth-order valence-electron chi connectivity index (χ4n) is 6.01. The first kappa shape index (κ1) is 36.9. The normalized spacial score (nSPS) is 20.3. The number of amides is 2. The van der Waals surface area contributed by atoms with Gasteiger partial charge < -0.3 is 30.4 Å². The SMILES string of the molecule is C[C@H]1CCCCN1c1nnc2ccc(O[C@H]3CC[C@H](NC(=O)N/C(=C/C(=N)C(C)(C)C)Nc4cccc(OCCOS(C)(=O)=O)c4)CC3)cn12. The number of benzene rings is 1. The number of fused-ring (bicyclic) bond motifs is 1. The Labute approximate surface area is 294 Å². The number of hydrogen-bond donors (Lipinski definition) is 4. The summed E-state index contributed by atoms with van der Waals surface area (Å²) in [5.74, 6) is 2.45. The molecule has 1 aromatic carbocycles. The van der Waals surface area contributed by atoms with Crippen LogP contribution in [0.3, 0.4) is 0 Å². The maximum absolute atomic E-state index is 13.2. The van der Waals surface area contributed by atoms with E-state index in [0.717, 1.165) is 68.7 Å². The molecular formula is C35H50N8O6S. The summed E-state index contributed by atoms with van der Waals surface area (Å²) in [6.07, 6.45) is 11.2. The van der Waals surface area contributed by atoms with Gasteiger partial charge in [0.25, 0.3) is 10.1 Å². The average molecular weight is 711 g/mol. The Morgan fingerprint density at radius 3 is 2.54 bits per heavy atom. The molecule has 15 heteroatoms. The zero-order valence-electron chi connectivity index (χ0n) is 29.6. The Morgan fingerprint density at radius 1 is 1.04 bits per heavy atom. The van der Waals surface area contributed by atoms with Gasteiger partial charge in [0.2, 0.25) is 5.95 Å². The molecule has 3 aromatic rings. The van der Waals surface area contributed by atoms with E-state index in [2.05, 4.69) is 38.0 Å². The van der Waals surface area contributed by atoms with E-state index >= 15 is 0 Å². The summed E-state index contributed by atoms with van der Waals surface area (Å²) >= 11 is 0. The van der Waals surface area contributed by atoms with Crippen LogP contribution in [0.2, 0.25) is 0 Å². The summed E-state index contributed by atoms with van der Waals surface area (Å²) < 4.78 is 41.2. The monoisotopic (exact) mass is 710 g/mol. The topological polar surface area (TPSA) is 172 Å². The van der Waals surface area contributed by atoms with Crippen molar-refractivity contribution in [3.63, 3.8) is 0 Å². The summed E-state index contributed by atoms with van der Waals surface area (Å²) in [5.41, 5.74) is 1.29. The third kappa shape index (κ3) is 10.6. The molecule has 50 heavy (non-hydrogen) atoms. The highest BCUT2D eigenvalue weighted by atomic mass is 32.2. The van der Waals surface area contributed by atoms with Crippen LogP contribution in [-0.2, 0) is 14.3 Å². The molecule has 272 valence electrons. The first-order chi connectivity index (χ1) is 23.7. The molecule has 14 nitrogen and oxygen atoms in total. The Balaban J connectivity index is 1.15. The lowest BCUT2D eigenvalue weighted by molar-refractivity contribution is 0.140. The number of carbonyl (C=O) groups excluding carboxylic acids is 1. The summed E-state index contributed by atoms with van der Waals surface area (Å²) in [6.45, 7) is 8.91. The number of nitrogens with zero attached hydrogens (tertiary/aromatic N) is 4. The van der Waals surface area contributed by atoms with E-state index in [1.807, 2.05) is 43.5 Å². The molecule has 3 heterocycles. The highest BCUT2D eigenvalue weighted by molar-refractivity contribution is 7.85. The maximum atomic E-state index is 13.2. The highest BCUT2D eigenvalue weighted by Gasteiger charge is 2.26. The maximum Gasteiger partial charge on any atom is 0.320 e. The van der Waals surface area contributed by atoms with Crippen LogP contribution in [0.15, 0.2) is 54.5 Å². The van der Waals surface area contributed by atoms with Crippen LogP contribution < -0.4 is 30.3 Å². The second-order valence-corrected chi connectivity index (χ2v) is 15.7. The van der Waals surface area contributed by atoms with Crippen LogP contribution in [0.5, 0.6) is 11.5 Å². The Bertz CT molecular complexity index is 1780. The van der Waals surface area contributed by atoms with Crippen molar-refractivity contribution < 1.29 is 26.9 Å². The number of rotatable bonds is 13. The van der Waals surface area contributed by atoms with Crippen molar-refractivity contribution in [2.45, 2.75) is 90.8 Å². The van der Waals surface area contributed by atoms with Crippen LogP contribution in [0.4, 0.5) is 16.4 Å². The summed E-state index contributed by atoms with van der Waals surface area (Å²) in [4.78, 5) is 15.5. The molecule has 0 spiro atoms. The highest BCUT2D eigenvalue weighted by Crippen LogP contribution is 2.28. The van der Waals surface area contributed by atoms with Gasteiger partial charge >= 0.3 is 6.03 Å². The van der Waals surface area contributed by atoms with E-state index in [0.29, 0.717) is 29.0 Å². The van der Waals surface area contributed by atoms with Gasteiger partial charge in [-0.25, -0.2) is 4.79 Å². The van der Waals surface area contributed by atoms with E-state index in [1.54, 1.807) is 30.3 Å². The van der Waals surface area contributed by atoms with Crippen LogP contribution in [0.25, 0.3) is 5.65 Å². The lowest BCUT2D eigenvalue weighted by Gasteiger charge is -2.33. The second kappa shape index (κ2) is 16.1. The number of urea groups is 1. The van der Waals surface area contributed by atoms with E-state index in [4.69, 9.17) is 19.1 Å². The van der Waals surface area contributed by atoms with E-state index in [9.17, 15) is 13.2 Å². The molecule has 1 saturated heterocycles. The molecule has 1 saturated carbocycles. The van der Waals surface area contributed by atoms with E-state index in [1.165, 1.54) is 6.42 Å². The van der Waals surface area contributed by atoms with Crippen molar-refractivity contribution in [1.82, 2.24) is 25.2 Å². The van der Waals surface area contributed by atoms with Gasteiger partial charge in [0.05, 0.1) is 18.6 Å². The number of pyridine rings is 1. The summed E-state index contributed by atoms with van der Waals surface area (Å²) in [6, 6.07) is 10.9. The summed E-state index contributed by atoms with van der Waals surface area (Å²) in [5, 5.41) is 26.6. The number of ether oxygens (including phenoxy) is 2. The number of allylic oxidation sites excluding steroid dienone is 1. The Morgan fingerprint density at radius 2 is 1.82 bits per heavy atom. The smallest absolute Gasteiger partial charge is 0.320 e. The number of nitrogens with one attached hydrogen (secondary N) is 4. The van der Waals surface area contributed by atoms with Gasteiger partial charge in [-0.15, -0.1) is 10.2 Å². The standard InChI is InChI=1S/C35H50N8O6S/c1-24-9-6-7-18-42(24)34-41-40-32-17-16-29(23-43(32)34)49-27-14-12-25(13-15-27)38-33(44)39-31(22-30(36)35(2,3)4)37-26-10-8-11-28(21-26)47-19-20-48-50(5,45)46/h8,10-11,16-17,21-25,27,36-37H,6-7,9,12-15,18-20H2,1-5H3,(H2,38,39,44)/b31-22+,36-30?/t24-,25-,27-/m0/s1. The molecule has 0 bridgehead atoms. The van der Waals surface area contributed by atoms with Crippen molar-refractivity contribution in [3.05, 3.63) is 54.5 Å². The Kier molecular flexibility index (Phi) is 11.9. The lowest BCUT2D eigenvalue weighted by Crippen LogP contribution is -2.45. The largest absolute Gasteiger partial charge is 0.491 e. The molecule has 1 aliphatic heterocycles. The molecule has 4 N–H and O–H groups in total. The predicted molar refractivity (Wildman–Crippen MR) is 194 cm³/mol. The molecule has 2 aromatic heterocycles. The van der Waals surface area contributed by atoms with Crippen LogP contribution in [-0.4, -0.2) is 79.0 Å². The van der Waals surface area contributed by atoms with Crippen molar-refractivity contribution in [2.24, 2.45) is 5.41 Å². The minimum Gasteiger partial charge on any atom is -0.491 e. The third-order valence-corrected chi connectivity index (χ3v) is 9.43. The molecule has 2 aliphatic rings. The minimum absolute atomic E-state index is 0.0271. The number of piperidine rings is 1. The molecule has 1 atom stereocenters. The molecule has 2 fully saturated rings. The quantitative estimate of drug-likeness (QED) is 0.101. The molecule has 0 unspecified atom stereocenters. The van der Waals surface area contributed by atoms with Crippen molar-refractivity contribution in [3.8, 4) is 11.5 Å². The van der Waals surface area contributed by atoms with Gasteiger partial charge in [-0.05, 0) is 76.1 Å². The number of anilines is 2. The molecule has 2 amide bonds. The van der Waals surface area contributed by atoms with E-state index < -0.39 is 15.5 Å². The fraction of sp³-hybridized carbons (Fsp3) is 0.543. The van der Waals surface area contributed by atoms with Crippen LogP contribution >= 0.6 is 0 Å². The first-order valence-corrected chi connectivity index (χ1v) is 19.1. The zero-order valence-corrected chi connectivity index (χ0v) is 30.4. The zero-order chi connectivity index (χ0) is 35.9. The first-order valence-electron chi connectivity index (χ1n) is 17.2. The number of carbonyl (C=O) groups is 1. The van der Waals surface area contributed by atoms with Gasteiger partial charge in [0.15, 0.2) is 5.65 Å². The minimum atomic E-state index is -3.55. The number of hydrogen-bond acceptors (Lipinski definition) is 11. The van der Waals surface area contributed by atoms with Gasteiger partial charge in [-0.1, -0.05) is 26.8 Å². The van der Waals surface area contributed by atoms with Gasteiger partial charge in [0, 0.05) is 47.6 Å². The van der Waals surface area contributed by atoms with Crippen molar-refractivity contribution in [2.75, 3.05) is 36.2 Å². The van der Waals surface area contributed by atoms with Crippen LogP contribution in [0.1, 0.15) is 72.6 Å². The molecule has 1 aliphatic carbocycles. The lowest BCUT2D eigenvalue weighted by atomic mass is 9.90. The average Bonchev–Trinajstić information content (AvgIpc) is 3.46. The molecule has 5 rings (SSSR count). The van der Waals surface area contributed by atoms with Crippen molar-refractivity contribution in [1.29, 1.82) is 5.41 Å². The predicted octanol–water partition coefficient (Wildman–Crippen LogP) is 5.47. The Hall–Kier alpha value is -4.37. The molecular weight excluding hydrogens is 661 g/mol. The van der Waals surface area contributed by atoms with Gasteiger partial charge in [-0.2, -0.15) is 8.42 Å².